The lowest BCUT2D eigenvalue weighted by molar-refractivity contribution is 0.0952. The number of nitrogens with zero attached hydrogens (tertiary/aromatic N) is 5. The Morgan fingerprint density at radius 3 is 2.55 bits per heavy atom. The number of aromatic nitrogens is 4. The third kappa shape index (κ3) is 4.31. The molecule has 7 nitrogen and oxygen atoms in total. The van der Waals surface area contributed by atoms with Crippen molar-refractivity contribution in [3.63, 3.8) is 0 Å². The molecule has 0 saturated carbocycles. The number of nitrogens with one attached hydrogen (secondary N) is 1. The molecule has 0 radical (unpaired) electrons. The summed E-state index contributed by atoms with van der Waals surface area (Å²) < 4.78 is 1.86. The number of amides is 1. The Labute approximate surface area is 193 Å². The number of anilines is 1. The molecule has 7 heteroatoms. The van der Waals surface area contributed by atoms with Gasteiger partial charge in [0.15, 0.2) is 5.65 Å². The van der Waals surface area contributed by atoms with Gasteiger partial charge in [-0.2, -0.15) is 5.10 Å². The first kappa shape index (κ1) is 21.1. The van der Waals surface area contributed by atoms with E-state index < -0.39 is 0 Å². The van der Waals surface area contributed by atoms with Crippen molar-refractivity contribution in [2.45, 2.75) is 39.3 Å². The highest BCUT2D eigenvalue weighted by Gasteiger charge is 2.19. The maximum atomic E-state index is 13.3. The van der Waals surface area contributed by atoms with E-state index in [0.717, 1.165) is 41.1 Å². The number of benzene rings is 1. The zero-order chi connectivity index (χ0) is 22.8. The number of hydrogen-bond acceptors (Lipinski definition) is 5. The van der Waals surface area contributed by atoms with Crippen molar-refractivity contribution in [1.82, 2.24) is 25.1 Å². The summed E-state index contributed by atoms with van der Waals surface area (Å²) in [6.45, 7) is 6.66. The second-order valence-corrected chi connectivity index (χ2v) is 8.74. The van der Waals surface area contributed by atoms with Gasteiger partial charge in [-0.25, -0.2) is 14.6 Å². The number of carbonyl (C=O) groups is 1. The summed E-state index contributed by atoms with van der Waals surface area (Å²) >= 11 is 0. The topological polar surface area (TPSA) is 75.9 Å². The Morgan fingerprint density at radius 2 is 1.85 bits per heavy atom. The summed E-state index contributed by atoms with van der Waals surface area (Å²) in [4.78, 5) is 25.0. The van der Waals surface area contributed by atoms with Gasteiger partial charge in [0.05, 0.1) is 22.8 Å². The van der Waals surface area contributed by atoms with Crippen molar-refractivity contribution in [2.24, 2.45) is 0 Å². The summed E-state index contributed by atoms with van der Waals surface area (Å²) in [5.41, 5.74) is 3.98. The maximum Gasteiger partial charge on any atom is 0.252 e. The largest absolute Gasteiger partial charge is 0.357 e. The van der Waals surface area contributed by atoms with Gasteiger partial charge in [0.2, 0.25) is 0 Å². The van der Waals surface area contributed by atoms with Crippen LogP contribution in [0.3, 0.4) is 0 Å². The average molecular weight is 441 g/mol. The Morgan fingerprint density at radius 1 is 1.06 bits per heavy atom. The predicted octanol–water partition coefficient (Wildman–Crippen LogP) is 4.60. The second kappa shape index (κ2) is 9.02. The van der Waals surface area contributed by atoms with Crippen LogP contribution in [-0.2, 0) is 6.54 Å². The normalized spacial score (nSPS) is 13.7. The van der Waals surface area contributed by atoms with Crippen molar-refractivity contribution in [3.8, 4) is 11.3 Å². The Balaban J connectivity index is 1.41. The van der Waals surface area contributed by atoms with Gasteiger partial charge in [-0.1, -0.05) is 36.4 Å². The first-order valence-electron chi connectivity index (χ1n) is 11.5. The van der Waals surface area contributed by atoms with Crippen LogP contribution in [0.25, 0.3) is 22.3 Å². The molecule has 0 unspecified atom stereocenters. The molecule has 4 aromatic rings. The summed E-state index contributed by atoms with van der Waals surface area (Å²) in [7, 11) is 0. The molecule has 0 bridgehead atoms. The fourth-order valence-corrected chi connectivity index (χ4v) is 4.27. The van der Waals surface area contributed by atoms with E-state index in [4.69, 9.17) is 4.98 Å². The fourth-order valence-electron chi connectivity index (χ4n) is 4.27. The molecule has 1 saturated heterocycles. The van der Waals surface area contributed by atoms with Crippen LogP contribution >= 0.6 is 0 Å². The lowest BCUT2D eigenvalue weighted by atomic mass is 10.1. The summed E-state index contributed by atoms with van der Waals surface area (Å²) in [6, 6.07) is 16.0. The van der Waals surface area contributed by atoms with Gasteiger partial charge in [0.25, 0.3) is 5.91 Å². The Hall–Kier alpha value is -3.74. The average Bonchev–Trinajstić information content (AvgIpc) is 3.53. The van der Waals surface area contributed by atoms with Crippen LogP contribution in [-0.4, -0.2) is 38.7 Å². The zero-order valence-corrected chi connectivity index (χ0v) is 19.0. The monoisotopic (exact) mass is 440 g/mol. The van der Waals surface area contributed by atoms with E-state index >= 15 is 0 Å². The molecule has 1 amide bonds. The van der Waals surface area contributed by atoms with Crippen LogP contribution < -0.4 is 10.2 Å². The smallest absolute Gasteiger partial charge is 0.252 e. The minimum atomic E-state index is -0.147. The number of pyridine rings is 2. The van der Waals surface area contributed by atoms with E-state index in [9.17, 15) is 4.79 Å². The molecule has 3 aromatic heterocycles. The van der Waals surface area contributed by atoms with Crippen LogP contribution in [0.1, 0.15) is 48.7 Å². The number of carbonyl (C=O) groups excluding carboxylic acids is 1. The number of hydrogen-bond donors (Lipinski definition) is 1. The molecule has 1 aliphatic rings. The number of fused-ring (bicyclic) bond motifs is 1. The minimum absolute atomic E-state index is 0.136. The van der Waals surface area contributed by atoms with Crippen molar-refractivity contribution in [1.29, 1.82) is 0 Å². The summed E-state index contributed by atoms with van der Waals surface area (Å²) in [5.74, 6) is 0.860. The first-order valence-corrected chi connectivity index (χ1v) is 11.5. The van der Waals surface area contributed by atoms with Gasteiger partial charge in [-0.3, -0.25) is 4.79 Å². The molecule has 1 aromatic carbocycles. The highest BCUT2D eigenvalue weighted by molar-refractivity contribution is 6.06. The van der Waals surface area contributed by atoms with Crippen molar-refractivity contribution in [3.05, 3.63) is 72.1 Å². The van der Waals surface area contributed by atoms with Crippen LogP contribution in [0.5, 0.6) is 0 Å². The van der Waals surface area contributed by atoms with Crippen LogP contribution in [0.2, 0.25) is 0 Å². The van der Waals surface area contributed by atoms with E-state index in [-0.39, 0.29) is 11.9 Å². The molecule has 168 valence electrons. The lowest BCUT2D eigenvalue weighted by Gasteiger charge is -2.16. The maximum absolute atomic E-state index is 13.3. The van der Waals surface area contributed by atoms with E-state index in [1.807, 2.05) is 59.4 Å². The number of rotatable bonds is 6. The molecule has 33 heavy (non-hydrogen) atoms. The van der Waals surface area contributed by atoms with E-state index in [1.54, 1.807) is 6.20 Å². The third-order valence-corrected chi connectivity index (χ3v) is 6.06. The van der Waals surface area contributed by atoms with Gasteiger partial charge in [-0.15, -0.1) is 0 Å². The molecule has 0 atom stereocenters. The minimum Gasteiger partial charge on any atom is -0.357 e. The van der Waals surface area contributed by atoms with Crippen molar-refractivity contribution in [2.75, 3.05) is 18.0 Å². The summed E-state index contributed by atoms with van der Waals surface area (Å²) in [5, 5.41) is 8.31. The van der Waals surface area contributed by atoms with Crippen LogP contribution in [0.15, 0.2) is 60.9 Å². The highest BCUT2D eigenvalue weighted by atomic mass is 16.1. The molecular formula is C26H28N6O. The van der Waals surface area contributed by atoms with Crippen molar-refractivity contribution >= 4 is 22.8 Å². The molecule has 4 heterocycles. The highest BCUT2D eigenvalue weighted by Crippen LogP contribution is 2.26. The quantitative estimate of drug-likeness (QED) is 0.474. The standard InChI is InChI=1S/C26H28N6O/c1-18(2)32-25-22(17-29-32)21(14-23(30-25)20-8-4-3-5-9-20)26(33)28-16-19-10-11-24(27-15-19)31-12-6-7-13-31/h3-5,8-11,14-15,17-18H,6-7,12-13,16H2,1-2H3,(H,28,33). The van der Waals surface area contributed by atoms with Crippen LogP contribution in [0.4, 0.5) is 5.82 Å². The second-order valence-electron chi connectivity index (χ2n) is 8.74. The van der Waals surface area contributed by atoms with Gasteiger partial charge in [-0.05, 0) is 44.4 Å². The first-order chi connectivity index (χ1) is 16.1. The summed E-state index contributed by atoms with van der Waals surface area (Å²) in [6.07, 6.45) is 6.02. The van der Waals surface area contributed by atoms with E-state index in [1.165, 1.54) is 12.8 Å². The van der Waals surface area contributed by atoms with E-state index in [2.05, 4.69) is 34.1 Å². The van der Waals surface area contributed by atoms with Gasteiger partial charge >= 0.3 is 0 Å². The zero-order valence-electron chi connectivity index (χ0n) is 19.0. The van der Waals surface area contributed by atoms with Crippen LogP contribution in [0, 0.1) is 0 Å². The lowest BCUT2D eigenvalue weighted by Crippen LogP contribution is -2.24. The molecule has 1 aliphatic heterocycles. The molecule has 1 N–H and O–H groups in total. The molecule has 1 fully saturated rings. The van der Waals surface area contributed by atoms with Gasteiger partial charge in [0.1, 0.15) is 5.82 Å². The molecule has 5 rings (SSSR count). The Kier molecular flexibility index (Phi) is 5.77. The predicted molar refractivity (Wildman–Crippen MR) is 130 cm³/mol. The third-order valence-electron chi connectivity index (χ3n) is 6.06. The Bertz CT molecular complexity index is 1260. The van der Waals surface area contributed by atoms with Gasteiger partial charge in [0, 0.05) is 37.4 Å². The fraction of sp³-hybridized carbons (Fsp3) is 0.308. The molecular weight excluding hydrogens is 412 g/mol. The SMILES string of the molecule is CC(C)n1ncc2c(C(=O)NCc3ccc(N4CCCC4)nc3)cc(-c3ccccc3)nc21. The van der Waals surface area contributed by atoms with Gasteiger partial charge < -0.3 is 10.2 Å². The molecule has 0 spiro atoms. The van der Waals surface area contributed by atoms with Crippen molar-refractivity contribution < 1.29 is 4.79 Å². The molecule has 0 aliphatic carbocycles. The van der Waals surface area contributed by atoms with E-state index in [0.29, 0.717) is 17.8 Å².